The monoisotopic (exact) mass is 444 g/mol. The van der Waals surface area contributed by atoms with Crippen LogP contribution in [0.2, 0.25) is 0 Å². The van der Waals surface area contributed by atoms with Gasteiger partial charge in [-0.1, -0.05) is 44.7 Å². The predicted octanol–water partition coefficient (Wildman–Crippen LogP) is 8.26. The standard InChI is InChI=1S/C30H36O3/c1-19(2)24(14-21(5)27-11-10-22(6)32-27)26-16-28(31-7)29(15-25(26)20(3)4)33-23-17-30(18-23)12-8-9-13-30/h8-11,14-16,19,23H,3,5,12-13,17-18H2,1-2,4,6-7H3/b24-14-. The van der Waals surface area contributed by atoms with Crippen molar-refractivity contribution in [3.63, 3.8) is 0 Å². The fourth-order valence-corrected chi connectivity index (χ4v) is 5.08. The normalized spacial score (nSPS) is 17.5. The predicted molar refractivity (Wildman–Crippen MR) is 137 cm³/mol. The summed E-state index contributed by atoms with van der Waals surface area (Å²) < 4.78 is 18.0. The number of hydrogen-bond donors (Lipinski definition) is 0. The van der Waals surface area contributed by atoms with Crippen LogP contribution in [0.5, 0.6) is 11.5 Å². The molecule has 1 fully saturated rings. The fourth-order valence-electron chi connectivity index (χ4n) is 5.08. The summed E-state index contributed by atoms with van der Waals surface area (Å²) in [6.07, 6.45) is 11.5. The third kappa shape index (κ3) is 4.73. The van der Waals surface area contributed by atoms with Crippen LogP contribution in [0.25, 0.3) is 16.7 Å². The SMILES string of the molecule is C=C(/C=C(\c1cc(OC)c(OC2CC3(CC=CC3)C2)cc1C(=C)C)C(C)C)c1ccc(C)o1. The van der Waals surface area contributed by atoms with E-state index in [0.717, 1.165) is 63.7 Å². The van der Waals surface area contributed by atoms with Gasteiger partial charge >= 0.3 is 0 Å². The summed E-state index contributed by atoms with van der Waals surface area (Å²) >= 11 is 0. The van der Waals surface area contributed by atoms with E-state index in [2.05, 4.69) is 57.4 Å². The fraction of sp³-hybridized carbons (Fsp3) is 0.400. The van der Waals surface area contributed by atoms with Gasteiger partial charge < -0.3 is 13.9 Å². The third-order valence-corrected chi connectivity index (χ3v) is 6.97. The van der Waals surface area contributed by atoms with Gasteiger partial charge in [-0.2, -0.15) is 0 Å². The van der Waals surface area contributed by atoms with Crippen molar-refractivity contribution in [2.75, 3.05) is 7.11 Å². The van der Waals surface area contributed by atoms with E-state index in [1.165, 1.54) is 12.8 Å². The molecule has 0 saturated heterocycles. The summed E-state index contributed by atoms with van der Waals surface area (Å²) in [5.41, 5.74) is 5.61. The maximum atomic E-state index is 6.45. The molecule has 1 saturated carbocycles. The zero-order valence-electron chi connectivity index (χ0n) is 20.7. The number of furan rings is 1. The van der Waals surface area contributed by atoms with Crippen LogP contribution in [0.4, 0.5) is 0 Å². The first kappa shape index (κ1) is 23.2. The molecule has 0 N–H and O–H groups in total. The Morgan fingerprint density at radius 3 is 2.30 bits per heavy atom. The molecule has 2 aliphatic carbocycles. The molecule has 1 heterocycles. The Hall–Kier alpha value is -2.94. The second kappa shape index (κ2) is 9.13. The highest BCUT2D eigenvalue weighted by molar-refractivity contribution is 5.87. The minimum atomic E-state index is 0.240. The second-order valence-electron chi connectivity index (χ2n) is 10.0. The smallest absolute Gasteiger partial charge is 0.162 e. The molecule has 0 amide bonds. The van der Waals surface area contributed by atoms with Crippen molar-refractivity contribution in [3.8, 4) is 11.5 Å². The van der Waals surface area contributed by atoms with Crippen LogP contribution >= 0.6 is 0 Å². The lowest BCUT2D eigenvalue weighted by Crippen LogP contribution is -2.42. The van der Waals surface area contributed by atoms with Crippen LogP contribution in [0.1, 0.15) is 69.1 Å². The minimum Gasteiger partial charge on any atom is -0.493 e. The van der Waals surface area contributed by atoms with Crippen molar-refractivity contribution in [2.45, 2.75) is 59.5 Å². The summed E-state index contributed by atoms with van der Waals surface area (Å²) in [5, 5.41) is 0. The van der Waals surface area contributed by atoms with Crippen LogP contribution in [-0.2, 0) is 0 Å². The number of benzene rings is 1. The maximum absolute atomic E-state index is 6.45. The van der Waals surface area contributed by atoms with Crippen molar-refractivity contribution in [1.29, 1.82) is 0 Å². The van der Waals surface area contributed by atoms with Gasteiger partial charge in [0.05, 0.1) is 7.11 Å². The molecule has 33 heavy (non-hydrogen) atoms. The third-order valence-electron chi connectivity index (χ3n) is 6.97. The molecule has 0 radical (unpaired) electrons. The summed E-state index contributed by atoms with van der Waals surface area (Å²) in [5.74, 6) is 3.49. The van der Waals surface area contributed by atoms with Gasteiger partial charge in [0.15, 0.2) is 11.5 Å². The van der Waals surface area contributed by atoms with Gasteiger partial charge in [-0.05, 0) is 97.9 Å². The lowest BCUT2D eigenvalue weighted by Gasteiger charge is -2.45. The molecule has 3 heteroatoms. The van der Waals surface area contributed by atoms with Crippen molar-refractivity contribution < 1.29 is 13.9 Å². The van der Waals surface area contributed by atoms with Crippen molar-refractivity contribution in [1.82, 2.24) is 0 Å². The molecule has 0 atom stereocenters. The molecule has 2 aromatic rings. The van der Waals surface area contributed by atoms with Gasteiger partial charge in [0, 0.05) is 5.57 Å². The zero-order chi connectivity index (χ0) is 23.8. The molecule has 2 aliphatic rings. The Balaban J connectivity index is 1.67. The van der Waals surface area contributed by atoms with Gasteiger partial charge in [-0.25, -0.2) is 0 Å². The van der Waals surface area contributed by atoms with E-state index in [9.17, 15) is 0 Å². The Labute approximate surface area is 198 Å². The average molecular weight is 445 g/mol. The van der Waals surface area contributed by atoms with Crippen LogP contribution < -0.4 is 9.47 Å². The number of rotatable bonds is 8. The van der Waals surface area contributed by atoms with Gasteiger partial charge in [0.1, 0.15) is 17.6 Å². The number of allylic oxidation sites excluding steroid dienone is 6. The highest BCUT2D eigenvalue weighted by Gasteiger charge is 2.45. The molecule has 3 nitrogen and oxygen atoms in total. The maximum Gasteiger partial charge on any atom is 0.162 e. The van der Waals surface area contributed by atoms with Crippen molar-refractivity contribution in [2.24, 2.45) is 11.3 Å². The minimum absolute atomic E-state index is 0.240. The highest BCUT2D eigenvalue weighted by atomic mass is 16.5. The van der Waals surface area contributed by atoms with E-state index in [1.54, 1.807) is 7.11 Å². The molecule has 174 valence electrons. The van der Waals surface area contributed by atoms with Crippen molar-refractivity contribution in [3.05, 3.63) is 78.3 Å². The Bertz CT molecular complexity index is 1110. The largest absolute Gasteiger partial charge is 0.493 e. The van der Waals surface area contributed by atoms with E-state index in [0.29, 0.717) is 5.41 Å². The highest BCUT2D eigenvalue weighted by Crippen LogP contribution is 2.52. The molecule has 1 aromatic heterocycles. The topological polar surface area (TPSA) is 31.6 Å². The Morgan fingerprint density at radius 1 is 1.09 bits per heavy atom. The number of methoxy groups -OCH3 is 1. The molecular formula is C30H36O3. The number of ether oxygens (including phenoxy) is 2. The molecule has 4 rings (SSSR count). The number of aryl methyl sites for hydroxylation is 1. The first-order valence-electron chi connectivity index (χ1n) is 11.9. The van der Waals surface area contributed by atoms with Crippen LogP contribution in [0.15, 0.2) is 60.1 Å². The van der Waals surface area contributed by atoms with E-state index < -0.39 is 0 Å². The van der Waals surface area contributed by atoms with E-state index in [4.69, 9.17) is 13.9 Å². The van der Waals surface area contributed by atoms with Gasteiger partial charge in [0.25, 0.3) is 0 Å². The van der Waals surface area contributed by atoms with Gasteiger partial charge in [0.2, 0.25) is 0 Å². The first-order chi connectivity index (χ1) is 15.7. The number of hydrogen-bond acceptors (Lipinski definition) is 3. The second-order valence-corrected chi connectivity index (χ2v) is 10.0. The Morgan fingerprint density at radius 2 is 1.76 bits per heavy atom. The lowest BCUT2D eigenvalue weighted by atomic mass is 9.65. The van der Waals surface area contributed by atoms with Gasteiger partial charge in [-0.15, -0.1) is 0 Å². The van der Waals surface area contributed by atoms with E-state index in [1.807, 2.05) is 26.0 Å². The zero-order valence-corrected chi connectivity index (χ0v) is 20.7. The molecule has 1 spiro atoms. The quantitative estimate of drug-likeness (QED) is 0.303. The summed E-state index contributed by atoms with van der Waals surface area (Å²) in [7, 11) is 1.71. The van der Waals surface area contributed by atoms with Crippen LogP contribution in [-0.4, -0.2) is 13.2 Å². The van der Waals surface area contributed by atoms with Crippen molar-refractivity contribution >= 4 is 16.7 Å². The summed E-state index contributed by atoms with van der Waals surface area (Å²) in [6.45, 7) is 16.9. The molecule has 0 bridgehead atoms. The molecule has 1 aromatic carbocycles. The molecular weight excluding hydrogens is 408 g/mol. The molecule has 0 aliphatic heterocycles. The first-order valence-corrected chi connectivity index (χ1v) is 11.9. The lowest BCUT2D eigenvalue weighted by molar-refractivity contribution is -0.00759. The molecule has 0 unspecified atom stereocenters. The van der Waals surface area contributed by atoms with E-state index >= 15 is 0 Å². The van der Waals surface area contributed by atoms with Crippen LogP contribution in [0.3, 0.4) is 0 Å². The van der Waals surface area contributed by atoms with Crippen LogP contribution in [0, 0.1) is 18.3 Å². The summed E-state index contributed by atoms with van der Waals surface area (Å²) in [6, 6.07) is 8.13. The Kier molecular flexibility index (Phi) is 6.43. The average Bonchev–Trinajstić information content (AvgIpc) is 3.40. The van der Waals surface area contributed by atoms with Gasteiger partial charge in [-0.3, -0.25) is 0 Å². The van der Waals surface area contributed by atoms with E-state index in [-0.39, 0.29) is 12.0 Å². The summed E-state index contributed by atoms with van der Waals surface area (Å²) in [4.78, 5) is 0.